The van der Waals surface area contributed by atoms with Crippen molar-refractivity contribution < 1.29 is 32.3 Å². The van der Waals surface area contributed by atoms with Gasteiger partial charge in [0.05, 0.1) is 23.4 Å². The molecular formula is C30H29F3N4O4. The Labute approximate surface area is 234 Å². The van der Waals surface area contributed by atoms with Gasteiger partial charge in [-0.25, -0.2) is 0 Å². The number of fused-ring (bicyclic) bond motifs is 2. The predicted octanol–water partition coefficient (Wildman–Crippen LogP) is 5.66. The van der Waals surface area contributed by atoms with Crippen LogP contribution >= 0.6 is 0 Å². The molecule has 2 aliphatic rings. The molecule has 8 nitrogen and oxygen atoms in total. The fourth-order valence-corrected chi connectivity index (χ4v) is 6.09. The van der Waals surface area contributed by atoms with Gasteiger partial charge in [0.2, 0.25) is 0 Å². The molecule has 3 heterocycles. The summed E-state index contributed by atoms with van der Waals surface area (Å²) in [5.74, 6) is -0.879. The molecule has 0 saturated carbocycles. The summed E-state index contributed by atoms with van der Waals surface area (Å²) in [6.07, 6.45) is 0.128. The molecule has 214 valence electrons. The number of hydrogen-bond donors (Lipinski definition) is 1. The number of carboxylic acid groups (broad SMARTS) is 1. The molecule has 4 aromatic rings. The maximum absolute atomic E-state index is 14.1. The fraction of sp³-hybridized carbons (Fsp3) is 0.367. The molecule has 11 heteroatoms. The van der Waals surface area contributed by atoms with Gasteiger partial charge in [0, 0.05) is 56.8 Å². The number of aliphatic carboxylic acids is 1. The van der Waals surface area contributed by atoms with Crippen molar-refractivity contribution in [1.82, 2.24) is 19.8 Å². The van der Waals surface area contributed by atoms with Crippen LogP contribution in [0.1, 0.15) is 69.6 Å². The summed E-state index contributed by atoms with van der Waals surface area (Å²) in [5.41, 5.74) is 4.56. The molecule has 0 fully saturated rings. The molecule has 0 amide bonds. The van der Waals surface area contributed by atoms with Crippen molar-refractivity contribution >= 4 is 5.97 Å². The summed E-state index contributed by atoms with van der Waals surface area (Å²) < 4.78 is 55.3. The van der Waals surface area contributed by atoms with Crippen molar-refractivity contribution in [1.29, 1.82) is 0 Å². The van der Waals surface area contributed by atoms with E-state index in [1.165, 1.54) is 12.3 Å². The Hall–Kier alpha value is -4.12. The van der Waals surface area contributed by atoms with Gasteiger partial charge in [0.1, 0.15) is 18.1 Å². The number of halogens is 3. The van der Waals surface area contributed by atoms with Crippen LogP contribution in [0.2, 0.25) is 0 Å². The highest BCUT2D eigenvalue weighted by Crippen LogP contribution is 2.43. The van der Waals surface area contributed by atoms with E-state index in [2.05, 4.69) is 15.2 Å². The summed E-state index contributed by atoms with van der Waals surface area (Å²) in [7, 11) is 1.85. The summed E-state index contributed by atoms with van der Waals surface area (Å²) in [4.78, 5) is 13.5. The van der Waals surface area contributed by atoms with Crippen LogP contribution in [0.3, 0.4) is 0 Å². The van der Waals surface area contributed by atoms with Gasteiger partial charge < -0.3 is 14.4 Å². The van der Waals surface area contributed by atoms with E-state index in [0.29, 0.717) is 54.9 Å². The molecule has 0 bridgehead atoms. The van der Waals surface area contributed by atoms with Crippen LogP contribution in [0.4, 0.5) is 13.2 Å². The molecule has 0 radical (unpaired) electrons. The monoisotopic (exact) mass is 566 g/mol. The maximum Gasteiger partial charge on any atom is 0.416 e. The number of nitrogens with zero attached hydrogens (tertiary/aromatic N) is 4. The lowest BCUT2D eigenvalue weighted by Crippen LogP contribution is -2.31. The second-order valence-electron chi connectivity index (χ2n) is 10.7. The summed E-state index contributed by atoms with van der Waals surface area (Å²) in [6.45, 7) is 1.42. The van der Waals surface area contributed by atoms with Crippen molar-refractivity contribution in [3.8, 4) is 5.75 Å². The van der Waals surface area contributed by atoms with E-state index in [1.807, 2.05) is 13.2 Å². The van der Waals surface area contributed by atoms with Gasteiger partial charge in [-0.15, -0.1) is 0 Å². The fourth-order valence-electron chi connectivity index (χ4n) is 6.09. The third-order valence-electron chi connectivity index (χ3n) is 7.96. The van der Waals surface area contributed by atoms with Crippen LogP contribution in [-0.4, -0.2) is 37.5 Å². The number of rotatable bonds is 8. The predicted molar refractivity (Wildman–Crippen MR) is 141 cm³/mol. The number of aromatic nitrogens is 3. The van der Waals surface area contributed by atoms with Crippen molar-refractivity contribution in [2.24, 2.45) is 7.05 Å². The number of aryl methyl sites for hydroxylation is 1. The highest BCUT2D eigenvalue weighted by atomic mass is 19.4. The lowest BCUT2D eigenvalue weighted by Gasteiger charge is -2.28. The third-order valence-corrected chi connectivity index (χ3v) is 7.96. The molecule has 2 atom stereocenters. The van der Waals surface area contributed by atoms with Crippen molar-refractivity contribution in [3.63, 3.8) is 0 Å². The average Bonchev–Trinajstić information content (AvgIpc) is 3.67. The van der Waals surface area contributed by atoms with Gasteiger partial charge in [-0.3, -0.25) is 14.4 Å². The third kappa shape index (κ3) is 5.58. The minimum absolute atomic E-state index is 0.147. The zero-order valence-electron chi connectivity index (χ0n) is 22.4. The first-order valence-corrected chi connectivity index (χ1v) is 13.5. The Morgan fingerprint density at radius 2 is 1.98 bits per heavy atom. The van der Waals surface area contributed by atoms with E-state index in [-0.39, 0.29) is 19.1 Å². The van der Waals surface area contributed by atoms with Crippen LogP contribution < -0.4 is 4.74 Å². The minimum atomic E-state index is -4.45. The molecule has 1 aliphatic carbocycles. The van der Waals surface area contributed by atoms with E-state index >= 15 is 0 Å². The molecule has 41 heavy (non-hydrogen) atoms. The van der Waals surface area contributed by atoms with E-state index in [9.17, 15) is 23.1 Å². The smallest absolute Gasteiger partial charge is 0.416 e. The zero-order chi connectivity index (χ0) is 28.7. The largest absolute Gasteiger partial charge is 0.486 e. The van der Waals surface area contributed by atoms with Gasteiger partial charge in [-0.2, -0.15) is 18.3 Å². The molecule has 0 saturated heterocycles. The number of carboxylic acids is 1. The number of ether oxygens (including phenoxy) is 1. The van der Waals surface area contributed by atoms with E-state index in [0.717, 1.165) is 22.4 Å². The second-order valence-corrected chi connectivity index (χ2v) is 10.7. The SMILES string of the molecule is Cn1cc2c(n1)CCN(Cc1c(C(F)(F)F)ccc3c1CC[C@H]3Oc1ccc([C@H](CC(=O)O)c3ccon3)cc1)C2. The van der Waals surface area contributed by atoms with Crippen LogP contribution in [-0.2, 0) is 43.9 Å². The standard InChI is InChI=1S/C30H29F3N4O4/c1-36-15-19-16-37(12-10-26(19)34-36)17-24-21-7-9-28(22(21)6-8-25(24)30(31,32)33)41-20-4-2-18(3-5-20)23(14-29(38)39)27-11-13-40-35-27/h2-6,8,11,13,15,23,28H,7,9-10,12,14,16-17H2,1H3,(H,38,39)/t23-,28+/m0/s1. The van der Waals surface area contributed by atoms with E-state index < -0.39 is 23.6 Å². The number of benzene rings is 2. The van der Waals surface area contributed by atoms with E-state index in [4.69, 9.17) is 9.26 Å². The zero-order valence-corrected chi connectivity index (χ0v) is 22.4. The number of alkyl halides is 3. The van der Waals surface area contributed by atoms with Gasteiger partial charge in [-0.1, -0.05) is 23.4 Å². The van der Waals surface area contributed by atoms with Gasteiger partial charge >= 0.3 is 12.1 Å². The van der Waals surface area contributed by atoms with Crippen LogP contribution in [0, 0.1) is 0 Å². The Kier molecular flexibility index (Phi) is 7.06. The summed E-state index contributed by atoms with van der Waals surface area (Å²) >= 11 is 0. The molecule has 1 aliphatic heterocycles. The summed E-state index contributed by atoms with van der Waals surface area (Å²) in [5, 5.41) is 17.7. The highest BCUT2D eigenvalue weighted by molar-refractivity contribution is 5.69. The first kappa shape index (κ1) is 27.1. The molecule has 0 spiro atoms. The minimum Gasteiger partial charge on any atom is -0.486 e. The Bertz CT molecular complexity index is 1550. The maximum atomic E-state index is 14.1. The van der Waals surface area contributed by atoms with Gasteiger partial charge in [0.15, 0.2) is 0 Å². The molecule has 0 unspecified atom stereocenters. The van der Waals surface area contributed by atoms with E-state index in [1.54, 1.807) is 41.1 Å². The molecule has 6 rings (SSSR count). The van der Waals surface area contributed by atoms with Gasteiger partial charge in [-0.05, 0) is 53.3 Å². The van der Waals surface area contributed by atoms with Crippen LogP contribution in [0.5, 0.6) is 5.75 Å². The lowest BCUT2D eigenvalue weighted by molar-refractivity contribution is -0.139. The molecule has 2 aromatic heterocycles. The first-order chi connectivity index (χ1) is 19.7. The van der Waals surface area contributed by atoms with Crippen molar-refractivity contribution in [2.75, 3.05) is 6.54 Å². The Morgan fingerprint density at radius 1 is 1.17 bits per heavy atom. The Balaban J connectivity index is 1.23. The average molecular weight is 567 g/mol. The summed E-state index contributed by atoms with van der Waals surface area (Å²) in [6, 6.07) is 11.5. The lowest BCUT2D eigenvalue weighted by atomic mass is 9.92. The van der Waals surface area contributed by atoms with Crippen LogP contribution in [0.25, 0.3) is 0 Å². The normalized spacial score (nSPS) is 17.7. The van der Waals surface area contributed by atoms with Crippen LogP contribution in [0.15, 0.2) is 59.4 Å². The number of hydrogen-bond acceptors (Lipinski definition) is 6. The Morgan fingerprint density at radius 3 is 2.68 bits per heavy atom. The topological polar surface area (TPSA) is 93.6 Å². The van der Waals surface area contributed by atoms with Crippen molar-refractivity contribution in [2.45, 2.75) is 57.0 Å². The van der Waals surface area contributed by atoms with Gasteiger partial charge in [0.25, 0.3) is 0 Å². The molecular weight excluding hydrogens is 537 g/mol. The van der Waals surface area contributed by atoms with Crippen molar-refractivity contribution in [3.05, 3.63) is 99.7 Å². The number of carbonyl (C=O) groups is 1. The first-order valence-electron chi connectivity index (χ1n) is 13.5. The molecule has 2 aromatic carbocycles. The highest BCUT2D eigenvalue weighted by Gasteiger charge is 2.38. The molecule has 1 N–H and O–H groups in total. The quantitative estimate of drug-likeness (QED) is 0.294. The second kappa shape index (κ2) is 10.7.